The molecule has 0 fully saturated rings. The maximum absolute atomic E-state index is 14.9. The molecule has 56 heavy (non-hydrogen) atoms. The smallest absolute Gasteiger partial charge is 0.338 e. The van der Waals surface area contributed by atoms with Crippen molar-refractivity contribution >= 4 is 17.9 Å². The van der Waals surface area contributed by atoms with Crippen LogP contribution in [0.5, 0.6) is 28.7 Å². The van der Waals surface area contributed by atoms with Crippen molar-refractivity contribution in [2.24, 2.45) is 0 Å². The fraction of sp³-hybridized carbons (Fsp3) is 0.295. The molecular formula is C44H47FO11. The first-order chi connectivity index (χ1) is 27.3. The van der Waals surface area contributed by atoms with E-state index in [1.807, 2.05) is 24.3 Å². The monoisotopic (exact) mass is 770 g/mol. The number of carbonyl (C=O) groups excluding carboxylic acids is 3. The van der Waals surface area contributed by atoms with E-state index in [2.05, 4.69) is 13.2 Å². The summed E-state index contributed by atoms with van der Waals surface area (Å²) in [5.41, 5.74) is 1.97. The fourth-order valence-electron chi connectivity index (χ4n) is 4.98. The highest BCUT2D eigenvalue weighted by Crippen LogP contribution is 2.28. The predicted octanol–water partition coefficient (Wildman–Crippen LogP) is 8.70. The third-order valence-electron chi connectivity index (χ3n) is 7.95. The van der Waals surface area contributed by atoms with Gasteiger partial charge in [0.2, 0.25) is 6.79 Å². The number of rotatable bonds is 26. The van der Waals surface area contributed by atoms with Gasteiger partial charge in [0.05, 0.1) is 45.2 Å². The van der Waals surface area contributed by atoms with Crippen molar-refractivity contribution in [3.8, 4) is 39.9 Å². The van der Waals surface area contributed by atoms with Crippen LogP contribution in [0.1, 0.15) is 48.9 Å². The number of halogens is 1. The van der Waals surface area contributed by atoms with E-state index >= 15 is 0 Å². The van der Waals surface area contributed by atoms with Gasteiger partial charge in [-0.2, -0.15) is 0 Å². The Hall–Kier alpha value is -6.30. The number of unbranched alkanes of at least 4 members (excludes halogenated alkanes) is 3. The molecule has 4 aromatic carbocycles. The van der Waals surface area contributed by atoms with Gasteiger partial charge in [0, 0.05) is 25.0 Å². The molecule has 0 bridgehead atoms. The summed E-state index contributed by atoms with van der Waals surface area (Å²) in [6.45, 7) is 8.62. The summed E-state index contributed by atoms with van der Waals surface area (Å²) in [5, 5.41) is 0. The molecule has 0 N–H and O–H groups in total. The molecule has 296 valence electrons. The molecule has 0 aliphatic rings. The van der Waals surface area contributed by atoms with Crippen molar-refractivity contribution in [2.75, 3.05) is 46.4 Å². The molecule has 0 aromatic heterocycles. The number of hydrogen-bond donors (Lipinski definition) is 0. The predicted molar refractivity (Wildman–Crippen MR) is 208 cm³/mol. The minimum Gasteiger partial charge on any atom is -0.494 e. The standard InChI is InChI=1S/C44H47FO11/c1-3-42(46)52-29-9-27-50-37-18-13-34(14-19-37)44(48)54-26-8-6-5-7-25-49-36-16-11-33(12-17-36)35-15-24-41(40(45)31-35)56-32-55-39-22-20-38(21-23-39)51-28-10-30-53-43(47)4-2/h3-4,11-24,31H,1-2,5-10,25-30,32H2. The van der Waals surface area contributed by atoms with Crippen LogP contribution < -0.4 is 23.7 Å². The average Bonchev–Trinajstić information content (AvgIpc) is 3.22. The van der Waals surface area contributed by atoms with E-state index in [-0.39, 0.29) is 31.7 Å². The summed E-state index contributed by atoms with van der Waals surface area (Å²) in [4.78, 5) is 34.4. The van der Waals surface area contributed by atoms with Crippen LogP contribution in [-0.4, -0.2) is 64.3 Å². The highest BCUT2D eigenvalue weighted by molar-refractivity contribution is 5.89. The molecule has 12 heteroatoms. The van der Waals surface area contributed by atoms with Crippen LogP contribution in [0.15, 0.2) is 116 Å². The summed E-state index contributed by atoms with van der Waals surface area (Å²) in [6, 6.07) is 25.8. The van der Waals surface area contributed by atoms with Crippen LogP contribution in [0.4, 0.5) is 4.39 Å². The molecule has 11 nitrogen and oxygen atoms in total. The first-order valence-corrected chi connectivity index (χ1v) is 18.3. The van der Waals surface area contributed by atoms with Crippen LogP contribution in [0.25, 0.3) is 11.1 Å². The average molecular weight is 771 g/mol. The number of esters is 3. The van der Waals surface area contributed by atoms with Gasteiger partial charge in [-0.15, -0.1) is 0 Å². The largest absolute Gasteiger partial charge is 0.494 e. The Bertz CT molecular complexity index is 1820. The van der Waals surface area contributed by atoms with E-state index in [1.54, 1.807) is 60.7 Å². The zero-order chi connectivity index (χ0) is 39.8. The van der Waals surface area contributed by atoms with Crippen LogP contribution in [0.2, 0.25) is 0 Å². The zero-order valence-electron chi connectivity index (χ0n) is 31.3. The van der Waals surface area contributed by atoms with Crippen molar-refractivity contribution in [3.05, 3.63) is 128 Å². The third kappa shape index (κ3) is 15.6. The lowest BCUT2D eigenvalue weighted by Gasteiger charge is -2.12. The Morgan fingerprint density at radius 3 is 1.46 bits per heavy atom. The molecule has 0 spiro atoms. The highest BCUT2D eigenvalue weighted by Gasteiger charge is 2.09. The number of ether oxygens (including phenoxy) is 8. The lowest BCUT2D eigenvalue weighted by molar-refractivity contribution is -0.138. The Morgan fingerprint density at radius 1 is 0.482 bits per heavy atom. The highest BCUT2D eigenvalue weighted by atomic mass is 19.1. The Morgan fingerprint density at radius 2 is 0.929 bits per heavy atom. The van der Waals surface area contributed by atoms with Crippen molar-refractivity contribution < 1.29 is 56.7 Å². The molecule has 0 heterocycles. The molecule has 0 atom stereocenters. The maximum atomic E-state index is 14.9. The molecule has 0 aliphatic carbocycles. The zero-order valence-corrected chi connectivity index (χ0v) is 31.3. The first kappa shape index (κ1) is 42.4. The van der Waals surface area contributed by atoms with Gasteiger partial charge < -0.3 is 37.9 Å². The lowest BCUT2D eigenvalue weighted by Crippen LogP contribution is -2.08. The Labute approximate surface area is 326 Å². The van der Waals surface area contributed by atoms with E-state index in [0.29, 0.717) is 67.6 Å². The summed E-state index contributed by atoms with van der Waals surface area (Å²) in [6.07, 6.45) is 6.72. The molecule has 0 radical (unpaired) electrons. The molecule has 4 rings (SSSR count). The molecule has 0 saturated carbocycles. The summed E-state index contributed by atoms with van der Waals surface area (Å²) in [7, 11) is 0. The molecule has 0 saturated heterocycles. The molecule has 0 amide bonds. The third-order valence-corrected chi connectivity index (χ3v) is 7.95. The summed E-state index contributed by atoms with van der Waals surface area (Å²) < 4.78 is 58.2. The number of hydrogen-bond acceptors (Lipinski definition) is 11. The lowest BCUT2D eigenvalue weighted by atomic mass is 10.1. The minimum atomic E-state index is -0.511. The van der Waals surface area contributed by atoms with Gasteiger partial charge in [0.25, 0.3) is 0 Å². The minimum absolute atomic E-state index is 0.0698. The van der Waals surface area contributed by atoms with Gasteiger partial charge >= 0.3 is 17.9 Å². The molecule has 4 aromatic rings. The van der Waals surface area contributed by atoms with Crippen molar-refractivity contribution in [1.82, 2.24) is 0 Å². The van der Waals surface area contributed by atoms with E-state index in [4.69, 9.17) is 37.9 Å². The van der Waals surface area contributed by atoms with Crippen LogP contribution in [0, 0.1) is 5.82 Å². The topological polar surface area (TPSA) is 125 Å². The van der Waals surface area contributed by atoms with Crippen molar-refractivity contribution in [3.63, 3.8) is 0 Å². The van der Waals surface area contributed by atoms with E-state index in [9.17, 15) is 18.8 Å². The van der Waals surface area contributed by atoms with Gasteiger partial charge in [0.15, 0.2) is 11.6 Å². The SMILES string of the molecule is C=CC(=O)OCCCOc1ccc(OCOc2ccc(-c3ccc(OCCCCCCOC(=O)c4ccc(OCCCOC(=O)C=C)cc4)cc3)cc2F)cc1. The van der Waals surface area contributed by atoms with Crippen LogP contribution >= 0.6 is 0 Å². The number of benzene rings is 4. The van der Waals surface area contributed by atoms with E-state index in [0.717, 1.165) is 49.1 Å². The van der Waals surface area contributed by atoms with Gasteiger partial charge in [0.1, 0.15) is 23.0 Å². The molecular weight excluding hydrogens is 723 g/mol. The molecule has 0 unspecified atom stereocenters. The normalized spacial score (nSPS) is 10.4. The quantitative estimate of drug-likeness (QED) is 0.0200. The first-order valence-electron chi connectivity index (χ1n) is 18.3. The summed E-state index contributed by atoms with van der Waals surface area (Å²) in [5.74, 6) is 0.732. The van der Waals surface area contributed by atoms with Gasteiger partial charge in [-0.1, -0.05) is 31.4 Å². The van der Waals surface area contributed by atoms with Crippen molar-refractivity contribution in [2.45, 2.75) is 38.5 Å². The second kappa shape index (κ2) is 24.2. The fourth-order valence-corrected chi connectivity index (χ4v) is 4.98. The van der Waals surface area contributed by atoms with Crippen LogP contribution in [-0.2, 0) is 23.8 Å². The van der Waals surface area contributed by atoms with Gasteiger partial charge in [-0.25, -0.2) is 18.8 Å². The van der Waals surface area contributed by atoms with Crippen molar-refractivity contribution in [1.29, 1.82) is 0 Å². The van der Waals surface area contributed by atoms with Gasteiger partial charge in [-0.05, 0) is 110 Å². The second-order valence-corrected chi connectivity index (χ2v) is 12.1. The second-order valence-electron chi connectivity index (χ2n) is 12.1. The van der Waals surface area contributed by atoms with E-state index in [1.165, 1.54) is 6.07 Å². The Kier molecular flexibility index (Phi) is 18.3. The Balaban J connectivity index is 1.04. The maximum Gasteiger partial charge on any atom is 0.338 e. The van der Waals surface area contributed by atoms with Gasteiger partial charge in [-0.3, -0.25) is 0 Å². The van der Waals surface area contributed by atoms with Crippen LogP contribution in [0.3, 0.4) is 0 Å². The number of carbonyl (C=O) groups is 3. The molecule has 0 aliphatic heterocycles. The van der Waals surface area contributed by atoms with E-state index < -0.39 is 17.8 Å². The summed E-state index contributed by atoms with van der Waals surface area (Å²) >= 11 is 0.